The van der Waals surface area contributed by atoms with Crippen LogP contribution in [-0.4, -0.2) is 106 Å². The molecule has 0 aliphatic heterocycles. The van der Waals surface area contributed by atoms with Gasteiger partial charge in [-0.05, 0) is 48.2 Å². The van der Waals surface area contributed by atoms with Crippen LogP contribution in [0.15, 0.2) is 48.5 Å². The molecule has 48 heavy (non-hydrogen) atoms. The van der Waals surface area contributed by atoms with Gasteiger partial charge in [0.25, 0.3) is 0 Å². The Kier molecular flexibility index (Phi) is 15.2. The van der Waals surface area contributed by atoms with Gasteiger partial charge in [0.2, 0.25) is 35.4 Å². The lowest BCUT2D eigenvalue weighted by molar-refractivity contribution is -0.138. The van der Waals surface area contributed by atoms with E-state index in [2.05, 4.69) is 21.3 Å². The molecule has 2 aromatic rings. The zero-order chi connectivity index (χ0) is 35.8. The van der Waals surface area contributed by atoms with Crippen molar-refractivity contribution < 1.29 is 54.0 Å². The highest BCUT2D eigenvalue weighted by atomic mass is 16.4. The molecule has 0 saturated heterocycles. The van der Waals surface area contributed by atoms with Crippen molar-refractivity contribution in [2.75, 3.05) is 19.7 Å². The normalized spacial score (nSPS) is 13.1. The highest BCUT2D eigenvalue weighted by Gasteiger charge is 2.28. The van der Waals surface area contributed by atoms with Gasteiger partial charge in [-0.3, -0.25) is 33.6 Å². The second-order valence-electron chi connectivity index (χ2n) is 10.6. The second kappa shape index (κ2) is 19.0. The second-order valence-corrected chi connectivity index (χ2v) is 10.6. The van der Waals surface area contributed by atoms with E-state index in [1.807, 2.05) is 5.32 Å². The molecule has 2 aromatic carbocycles. The van der Waals surface area contributed by atoms with Gasteiger partial charge >= 0.3 is 5.97 Å². The van der Waals surface area contributed by atoms with Gasteiger partial charge in [-0.2, -0.15) is 0 Å². The molecule has 0 unspecified atom stereocenters. The third kappa shape index (κ3) is 13.7. The summed E-state index contributed by atoms with van der Waals surface area (Å²) in [6.07, 6.45) is -0.629. The Morgan fingerprint density at radius 1 is 0.646 bits per heavy atom. The Hall–Kier alpha value is -5.75. The van der Waals surface area contributed by atoms with Crippen molar-refractivity contribution in [3.05, 3.63) is 59.7 Å². The first-order valence-corrected chi connectivity index (χ1v) is 14.6. The van der Waals surface area contributed by atoms with Crippen LogP contribution in [-0.2, 0) is 46.4 Å². The maximum atomic E-state index is 13.1. The number of aromatic hydroxyl groups is 2. The van der Waals surface area contributed by atoms with Gasteiger partial charge in [0, 0.05) is 12.8 Å². The molecule has 6 amide bonds. The highest BCUT2D eigenvalue weighted by Crippen LogP contribution is 2.13. The van der Waals surface area contributed by atoms with E-state index >= 15 is 0 Å². The Morgan fingerprint density at radius 3 is 1.67 bits per heavy atom. The van der Waals surface area contributed by atoms with Crippen LogP contribution in [0.3, 0.4) is 0 Å². The van der Waals surface area contributed by atoms with Crippen LogP contribution in [0.5, 0.6) is 11.5 Å². The van der Waals surface area contributed by atoms with Crippen molar-refractivity contribution in [1.29, 1.82) is 0 Å². The van der Waals surface area contributed by atoms with E-state index in [-0.39, 0.29) is 37.2 Å². The van der Waals surface area contributed by atoms with Gasteiger partial charge in [-0.15, -0.1) is 0 Å². The lowest BCUT2D eigenvalue weighted by Gasteiger charge is -2.23. The van der Waals surface area contributed by atoms with Crippen LogP contribution in [0.4, 0.5) is 0 Å². The molecule has 260 valence electrons. The Bertz CT molecular complexity index is 1450. The van der Waals surface area contributed by atoms with Crippen molar-refractivity contribution in [3.8, 4) is 11.5 Å². The van der Waals surface area contributed by atoms with Crippen LogP contribution >= 0.6 is 0 Å². The molecule has 0 aliphatic rings. The SMILES string of the molecule is NC(=O)CC[C@H](NC(=O)[C@@H](N)Cc1ccc(O)cc1)C(=O)NCC(=O)N[C@@H](Cc1ccc(O)cc1)C(=O)N[C@@H](CO)C(=O)NCC(=O)O. The number of aliphatic hydroxyl groups excluding tert-OH is 1. The summed E-state index contributed by atoms with van der Waals surface area (Å²) >= 11 is 0. The molecule has 18 heteroatoms. The van der Waals surface area contributed by atoms with Gasteiger partial charge in [0.1, 0.15) is 36.2 Å². The predicted molar refractivity (Wildman–Crippen MR) is 167 cm³/mol. The minimum atomic E-state index is -1.56. The number of benzene rings is 2. The summed E-state index contributed by atoms with van der Waals surface area (Å²) in [6.45, 7) is -2.38. The predicted octanol–water partition coefficient (Wildman–Crippen LogP) is -3.76. The van der Waals surface area contributed by atoms with Crippen molar-refractivity contribution in [3.63, 3.8) is 0 Å². The minimum absolute atomic E-state index is 0.0195. The van der Waals surface area contributed by atoms with Gasteiger partial charge < -0.3 is 58.5 Å². The Labute approximate surface area is 274 Å². The quantitative estimate of drug-likeness (QED) is 0.0685. The molecule has 0 fully saturated rings. The standard InChI is InChI=1S/C30H39N7O11/c31-20(11-16-1-5-18(39)6-2-16)27(45)36-21(9-10-24(32)41)28(46)33-13-25(42)35-22(12-17-3-7-19(40)8-4-17)30(48)37-23(15-38)29(47)34-14-26(43)44/h1-8,20-23,38-40H,9-15,31H2,(H2,32,41)(H,33,46)(H,34,47)(H,35,42)(H,36,45)(H,37,48)(H,43,44)/t20-,21-,22-,23-/m0/s1. The summed E-state index contributed by atoms with van der Waals surface area (Å²) in [6, 6.07) is 6.15. The molecule has 0 bridgehead atoms. The molecule has 2 rings (SSSR count). The summed E-state index contributed by atoms with van der Waals surface area (Å²) in [5, 5.41) is 48.7. The number of carboxylic acids is 1. The first-order chi connectivity index (χ1) is 22.7. The first kappa shape index (κ1) is 38.4. The highest BCUT2D eigenvalue weighted by molar-refractivity contribution is 5.95. The van der Waals surface area contributed by atoms with Gasteiger partial charge in [-0.1, -0.05) is 24.3 Å². The molecular formula is C30H39N7O11. The summed E-state index contributed by atoms with van der Waals surface area (Å²) in [5.41, 5.74) is 12.3. The lowest BCUT2D eigenvalue weighted by atomic mass is 10.0. The zero-order valence-corrected chi connectivity index (χ0v) is 25.7. The maximum absolute atomic E-state index is 13.1. The third-order valence-electron chi connectivity index (χ3n) is 6.72. The number of hydrogen-bond acceptors (Lipinski definition) is 11. The van der Waals surface area contributed by atoms with Gasteiger partial charge in [-0.25, -0.2) is 0 Å². The molecule has 0 aromatic heterocycles. The van der Waals surface area contributed by atoms with Crippen LogP contribution in [0.2, 0.25) is 0 Å². The number of carbonyl (C=O) groups excluding carboxylic acids is 6. The van der Waals surface area contributed by atoms with Gasteiger partial charge in [0.05, 0.1) is 19.2 Å². The number of phenols is 2. The number of carboxylic acid groups (broad SMARTS) is 1. The number of aliphatic carboxylic acids is 1. The average Bonchev–Trinajstić information content (AvgIpc) is 3.04. The lowest BCUT2D eigenvalue weighted by Crippen LogP contribution is -2.57. The van der Waals surface area contributed by atoms with E-state index in [4.69, 9.17) is 16.6 Å². The average molecular weight is 674 g/mol. The molecule has 0 saturated carbocycles. The number of nitrogens with two attached hydrogens (primary N) is 2. The van der Waals surface area contributed by atoms with Crippen LogP contribution in [0, 0.1) is 0 Å². The Morgan fingerprint density at radius 2 is 1.15 bits per heavy atom. The first-order valence-electron chi connectivity index (χ1n) is 14.6. The van der Waals surface area contributed by atoms with E-state index in [0.29, 0.717) is 11.1 Å². The maximum Gasteiger partial charge on any atom is 0.322 e. The topological polar surface area (TPSA) is 313 Å². The number of amides is 6. The molecule has 0 spiro atoms. The molecule has 18 nitrogen and oxygen atoms in total. The number of nitrogens with one attached hydrogen (secondary N) is 5. The summed E-state index contributed by atoms with van der Waals surface area (Å²) < 4.78 is 0. The Balaban J connectivity index is 2.09. The molecule has 13 N–H and O–H groups in total. The van der Waals surface area contributed by atoms with Gasteiger partial charge in [0.15, 0.2) is 0 Å². The van der Waals surface area contributed by atoms with E-state index < -0.39 is 85.3 Å². The fourth-order valence-corrected chi connectivity index (χ4v) is 4.18. The smallest absolute Gasteiger partial charge is 0.322 e. The van der Waals surface area contributed by atoms with Crippen molar-refractivity contribution >= 4 is 41.4 Å². The summed E-state index contributed by atoms with van der Waals surface area (Å²) in [4.78, 5) is 86.1. The molecule has 0 heterocycles. The molecule has 0 aliphatic carbocycles. The monoisotopic (exact) mass is 673 g/mol. The number of carbonyl (C=O) groups is 7. The number of rotatable bonds is 19. The number of primary amides is 1. The van der Waals surface area contributed by atoms with Crippen molar-refractivity contribution in [1.82, 2.24) is 26.6 Å². The zero-order valence-electron chi connectivity index (χ0n) is 25.7. The van der Waals surface area contributed by atoms with Crippen molar-refractivity contribution in [2.24, 2.45) is 11.5 Å². The van der Waals surface area contributed by atoms with Crippen molar-refractivity contribution in [2.45, 2.75) is 49.9 Å². The van der Waals surface area contributed by atoms with Crippen LogP contribution in [0.1, 0.15) is 24.0 Å². The summed E-state index contributed by atoms with van der Waals surface area (Å²) in [7, 11) is 0. The van der Waals surface area contributed by atoms with E-state index in [1.54, 1.807) is 12.1 Å². The third-order valence-corrected chi connectivity index (χ3v) is 6.72. The van der Waals surface area contributed by atoms with E-state index in [9.17, 15) is 48.9 Å². The van der Waals surface area contributed by atoms with E-state index in [0.717, 1.165) is 0 Å². The molecule has 0 radical (unpaired) electrons. The largest absolute Gasteiger partial charge is 0.508 e. The molecular weight excluding hydrogens is 634 g/mol. The number of hydrogen-bond donors (Lipinski definition) is 11. The number of phenolic OH excluding ortho intramolecular Hbond substituents is 2. The number of aliphatic hydroxyl groups is 1. The minimum Gasteiger partial charge on any atom is -0.508 e. The summed E-state index contributed by atoms with van der Waals surface area (Å²) in [5.74, 6) is -6.61. The molecule has 4 atom stereocenters. The van der Waals surface area contributed by atoms with E-state index in [1.165, 1.54) is 36.4 Å². The van der Waals surface area contributed by atoms with Crippen LogP contribution < -0.4 is 38.1 Å². The fraction of sp³-hybridized carbons (Fsp3) is 0.367. The fourth-order valence-electron chi connectivity index (χ4n) is 4.18. The van der Waals surface area contributed by atoms with Crippen LogP contribution in [0.25, 0.3) is 0 Å².